The van der Waals surface area contributed by atoms with Crippen LogP contribution >= 0.6 is 0 Å². The molecule has 0 fully saturated rings. The minimum absolute atomic E-state index is 0.00594. The monoisotopic (exact) mass is 561 g/mol. The van der Waals surface area contributed by atoms with E-state index >= 15 is 0 Å². The van der Waals surface area contributed by atoms with Gasteiger partial charge in [0.05, 0.1) is 6.61 Å². The first-order valence-corrected chi connectivity index (χ1v) is 18.3. The molecule has 0 aliphatic heterocycles. The summed E-state index contributed by atoms with van der Waals surface area (Å²) in [4.78, 5) is 11.9. The van der Waals surface area contributed by atoms with Crippen molar-refractivity contribution in [1.29, 1.82) is 0 Å². The first-order chi connectivity index (χ1) is 19.8. The molecule has 0 rings (SSSR count). The van der Waals surface area contributed by atoms with Gasteiger partial charge in [0, 0.05) is 6.42 Å². The van der Waals surface area contributed by atoms with Gasteiger partial charge in [-0.05, 0) is 44.9 Å². The molecule has 0 aromatic carbocycles. The van der Waals surface area contributed by atoms with Crippen molar-refractivity contribution in [2.75, 3.05) is 6.61 Å². The summed E-state index contributed by atoms with van der Waals surface area (Å²) in [5.74, 6) is -0.00594. The maximum Gasteiger partial charge on any atom is 0.305 e. The Kier molecular flexibility index (Phi) is 35.0. The van der Waals surface area contributed by atoms with Crippen molar-refractivity contribution in [3.8, 4) is 0 Å². The van der Waals surface area contributed by atoms with Gasteiger partial charge in [-0.25, -0.2) is 0 Å². The van der Waals surface area contributed by atoms with Crippen LogP contribution in [0, 0.1) is 0 Å². The molecule has 40 heavy (non-hydrogen) atoms. The number of allylic oxidation sites excluding steroid dienone is 4. The quantitative estimate of drug-likeness (QED) is 0.0453. The molecule has 0 unspecified atom stereocenters. The first kappa shape index (κ1) is 39.0. The van der Waals surface area contributed by atoms with E-state index in [0.29, 0.717) is 13.0 Å². The smallest absolute Gasteiger partial charge is 0.305 e. The predicted octanol–water partition coefficient (Wildman–Crippen LogP) is 13.4. The molecule has 2 heteroatoms. The number of carbonyl (C=O) groups excluding carboxylic acids is 1. The Balaban J connectivity index is 3.23. The minimum Gasteiger partial charge on any atom is -0.466 e. The lowest BCUT2D eigenvalue weighted by molar-refractivity contribution is -0.143. The molecule has 0 saturated heterocycles. The van der Waals surface area contributed by atoms with Gasteiger partial charge in [-0.1, -0.05) is 179 Å². The van der Waals surface area contributed by atoms with E-state index in [2.05, 4.69) is 38.2 Å². The highest BCUT2D eigenvalue weighted by molar-refractivity contribution is 5.69. The molecule has 0 aliphatic carbocycles. The Morgan fingerprint density at radius 1 is 0.425 bits per heavy atom. The lowest BCUT2D eigenvalue weighted by Gasteiger charge is -2.05. The number of hydrogen-bond acceptors (Lipinski definition) is 2. The average molecular weight is 561 g/mol. The van der Waals surface area contributed by atoms with Crippen LogP contribution in [-0.2, 0) is 9.53 Å². The summed E-state index contributed by atoms with van der Waals surface area (Å²) in [6.45, 7) is 5.18. The molecule has 0 radical (unpaired) electrons. The topological polar surface area (TPSA) is 26.3 Å². The van der Waals surface area contributed by atoms with E-state index in [9.17, 15) is 4.79 Å². The zero-order chi connectivity index (χ0) is 29.0. The van der Waals surface area contributed by atoms with Crippen molar-refractivity contribution in [3.05, 3.63) is 24.3 Å². The predicted molar refractivity (Wildman–Crippen MR) is 179 cm³/mol. The molecule has 0 bridgehead atoms. The number of carbonyl (C=O) groups is 1. The van der Waals surface area contributed by atoms with E-state index in [1.807, 2.05) is 0 Å². The highest BCUT2D eigenvalue weighted by Gasteiger charge is 2.02. The number of rotatable bonds is 33. The average Bonchev–Trinajstić information content (AvgIpc) is 2.96. The Bertz CT molecular complexity index is 536. The van der Waals surface area contributed by atoms with Crippen molar-refractivity contribution >= 4 is 5.97 Å². The fraction of sp³-hybridized carbons (Fsp3) is 0.868. The molecular weight excluding hydrogens is 488 g/mol. The van der Waals surface area contributed by atoms with Crippen LogP contribution in [-0.4, -0.2) is 12.6 Å². The second kappa shape index (κ2) is 36.0. The SMILES string of the molecule is CCCCCCCC/C=C\C/C=C\CCCCC(=O)OCCCCCCCCCCCCCCCCCCCC. The standard InChI is InChI=1S/C38H72O2/c1-3-5-7-9-11-13-15-17-19-20-21-23-25-27-29-31-33-35-37-40-38(39)36-34-32-30-28-26-24-22-18-16-14-12-10-8-6-4-2/h18,22,26,28H,3-17,19-21,23-25,27,29-37H2,1-2H3/b22-18-,28-26-. The summed E-state index contributed by atoms with van der Waals surface area (Å²) in [7, 11) is 0. The van der Waals surface area contributed by atoms with E-state index in [-0.39, 0.29) is 5.97 Å². The zero-order valence-electron chi connectivity index (χ0n) is 27.5. The summed E-state index contributed by atoms with van der Waals surface area (Å²) < 4.78 is 5.42. The van der Waals surface area contributed by atoms with Gasteiger partial charge in [0.25, 0.3) is 0 Å². The van der Waals surface area contributed by atoms with Gasteiger partial charge < -0.3 is 4.74 Å². The van der Waals surface area contributed by atoms with Crippen molar-refractivity contribution in [2.24, 2.45) is 0 Å². The molecule has 0 aromatic heterocycles. The van der Waals surface area contributed by atoms with Gasteiger partial charge >= 0.3 is 5.97 Å². The summed E-state index contributed by atoms with van der Waals surface area (Å²) >= 11 is 0. The molecule has 0 aliphatic rings. The largest absolute Gasteiger partial charge is 0.466 e. The van der Waals surface area contributed by atoms with Crippen LogP contribution in [0.2, 0.25) is 0 Å². The summed E-state index contributed by atoms with van der Waals surface area (Å²) in [6.07, 6.45) is 48.2. The molecule has 236 valence electrons. The number of esters is 1. The van der Waals surface area contributed by atoms with Crippen LogP contribution in [0.4, 0.5) is 0 Å². The maximum absolute atomic E-state index is 11.9. The molecule has 0 heterocycles. The van der Waals surface area contributed by atoms with Crippen LogP contribution in [0.1, 0.15) is 206 Å². The van der Waals surface area contributed by atoms with E-state index < -0.39 is 0 Å². The lowest BCUT2D eigenvalue weighted by atomic mass is 10.0. The Labute approximate surface area is 252 Å². The van der Waals surface area contributed by atoms with Gasteiger partial charge in [-0.2, -0.15) is 0 Å². The highest BCUT2D eigenvalue weighted by Crippen LogP contribution is 2.14. The van der Waals surface area contributed by atoms with E-state index in [1.165, 1.54) is 154 Å². The molecular formula is C38H72O2. The van der Waals surface area contributed by atoms with Gasteiger partial charge in [0.1, 0.15) is 0 Å². The molecule has 0 N–H and O–H groups in total. The fourth-order valence-corrected chi connectivity index (χ4v) is 5.34. The van der Waals surface area contributed by atoms with Crippen molar-refractivity contribution in [1.82, 2.24) is 0 Å². The van der Waals surface area contributed by atoms with Crippen LogP contribution < -0.4 is 0 Å². The highest BCUT2D eigenvalue weighted by atomic mass is 16.5. The lowest BCUT2D eigenvalue weighted by Crippen LogP contribution is -2.05. The first-order valence-electron chi connectivity index (χ1n) is 18.3. The molecule has 0 saturated carbocycles. The number of unbranched alkanes of at least 4 members (excludes halogenated alkanes) is 25. The van der Waals surface area contributed by atoms with Crippen molar-refractivity contribution in [3.63, 3.8) is 0 Å². The normalized spacial score (nSPS) is 11.8. The van der Waals surface area contributed by atoms with Crippen LogP contribution in [0.3, 0.4) is 0 Å². The zero-order valence-corrected chi connectivity index (χ0v) is 27.5. The van der Waals surface area contributed by atoms with Crippen LogP contribution in [0.5, 0.6) is 0 Å². The third-order valence-corrected chi connectivity index (χ3v) is 8.09. The van der Waals surface area contributed by atoms with E-state index in [4.69, 9.17) is 4.74 Å². The molecule has 0 spiro atoms. The Morgan fingerprint density at radius 2 is 0.775 bits per heavy atom. The van der Waals surface area contributed by atoms with Crippen LogP contribution in [0.15, 0.2) is 24.3 Å². The molecule has 0 amide bonds. The molecule has 2 nitrogen and oxygen atoms in total. The Hall–Kier alpha value is -1.05. The van der Waals surface area contributed by atoms with Gasteiger partial charge in [-0.3, -0.25) is 4.79 Å². The summed E-state index contributed by atoms with van der Waals surface area (Å²) in [5.41, 5.74) is 0. The second-order valence-electron chi connectivity index (χ2n) is 12.2. The fourth-order valence-electron chi connectivity index (χ4n) is 5.34. The number of hydrogen-bond donors (Lipinski definition) is 0. The third kappa shape index (κ3) is 35.0. The summed E-state index contributed by atoms with van der Waals surface area (Å²) in [5, 5.41) is 0. The second-order valence-corrected chi connectivity index (χ2v) is 12.2. The Morgan fingerprint density at radius 3 is 1.20 bits per heavy atom. The third-order valence-electron chi connectivity index (χ3n) is 8.09. The van der Waals surface area contributed by atoms with Crippen molar-refractivity contribution < 1.29 is 9.53 Å². The van der Waals surface area contributed by atoms with Crippen LogP contribution in [0.25, 0.3) is 0 Å². The minimum atomic E-state index is -0.00594. The molecule has 0 atom stereocenters. The van der Waals surface area contributed by atoms with Gasteiger partial charge in [0.2, 0.25) is 0 Å². The maximum atomic E-state index is 11.9. The number of ether oxygens (including phenoxy) is 1. The van der Waals surface area contributed by atoms with Crippen molar-refractivity contribution in [2.45, 2.75) is 206 Å². The van der Waals surface area contributed by atoms with Gasteiger partial charge in [0.15, 0.2) is 0 Å². The van der Waals surface area contributed by atoms with E-state index in [1.54, 1.807) is 0 Å². The molecule has 0 aromatic rings. The summed E-state index contributed by atoms with van der Waals surface area (Å²) in [6, 6.07) is 0. The van der Waals surface area contributed by atoms with Gasteiger partial charge in [-0.15, -0.1) is 0 Å². The van der Waals surface area contributed by atoms with E-state index in [0.717, 1.165) is 32.1 Å².